The fourth-order valence-corrected chi connectivity index (χ4v) is 1.96. The predicted octanol–water partition coefficient (Wildman–Crippen LogP) is 3.00. The molecule has 2 aromatic heterocycles. The average molecular weight is 284 g/mol. The molecular formula is C17H24N4. The maximum absolute atomic E-state index is 4.54. The summed E-state index contributed by atoms with van der Waals surface area (Å²) in [5.74, 6) is 0.971. The molecule has 0 fully saturated rings. The van der Waals surface area contributed by atoms with Gasteiger partial charge in [-0.15, -0.1) is 0 Å². The molecule has 4 heteroatoms. The fourth-order valence-electron chi connectivity index (χ4n) is 1.96. The fraction of sp³-hybridized carbons (Fsp3) is 0.412. The molecule has 2 rings (SSSR count). The van der Waals surface area contributed by atoms with Crippen molar-refractivity contribution in [3.63, 3.8) is 0 Å². The average Bonchev–Trinajstić information content (AvgIpc) is 2.46. The summed E-state index contributed by atoms with van der Waals surface area (Å²) in [5, 5.41) is 3.46. The highest BCUT2D eigenvalue weighted by atomic mass is 15.2. The van der Waals surface area contributed by atoms with Crippen LogP contribution in [0.5, 0.6) is 0 Å². The molecule has 2 aromatic rings. The molecule has 0 spiro atoms. The molecular weight excluding hydrogens is 260 g/mol. The molecule has 0 aliphatic carbocycles. The van der Waals surface area contributed by atoms with E-state index in [1.165, 1.54) is 11.1 Å². The van der Waals surface area contributed by atoms with E-state index in [9.17, 15) is 0 Å². The van der Waals surface area contributed by atoms with Gasteiger partial charge in [0.15, 0.2) is 0 Å². The van der Waals surface area contributed by atoms with Crippen LogP contribution in [0, 0.1) is 0 Å². The van der Waals surface area contributed by atoms with Gasteiger partial charge in [0.25, 0.3) is 0 Å². The van der Waals surface area contributed by atoms with E-state index < -0.39 is 0 Å². The molecule has 0 radical (unpaired) electrons. The molecule has 4 nitrogen and oxygen atoms in total. The summed E-state index contributed by atoms with van der Waals surface area (Å²) in [5.41, 5.74) is 2.50. The van der Waals surface area contributed by atoms with Crippen LogP contribution in [0.25, 0.3) is 0 Å². The van der Waals surface area contributed by atoms with Crippen LogP contribution in [0.3, 0.4) is 0 Å². The minimum Gasteiger partial charge on any atom is -0.355 e. The Kier molecular flexibility index (Phi) is 4.91. The van der Waals surface area contributed by atoms with Gasteiger partial charge in [-0.25, -0.2) is 4.98 Å². The molecule has 0 aromatic carbocycles. The quantitative estimate of drug-likeness (QED) is 0.916. The van der Waals surface area contributed by atoms with Gasteiger partial charge in [0.2, 0.25) is 0 Å². The van der Waals surface area contributed by atoms with Gasteiger partial charge in [0, 0.05) is 44.3 Å². The Morgan fingerprint density at radius 2 is 1.90 bits per heavy atom. The first-order valence-electron chi connectivity index (χ1n) is 7.24. The number of nitrogens with zero attached hydrogens (tertiary/aromatic N) is 3. The number of pyridine rings is 2. The molecule has 21 heavy (non-hydrogen) atoms. The molecule has 0 saturated heterocycles. The maximum atomic E-state index is 4.54. The molecule has 0 bridgehead atoms. The lowest BCUT2D eigenvalue weighted by molar-refractivity contribution is 0.424. The number of nitrogens with one attached hydrogen (secondary N) is 1. The van der Waals surface area contributed by atoms with Crippen molar-refractivity contribution >= 4 is 5.82 Å². The third kappa shape index (κ3) is 5.16. The van der Waals surface area contributed by atoms with E-state index >= 15 is 0 Å². The number of hydrogen-bond acceptors (Lipinski definition) is 4. The predicted molar refractivity (Wildman–Crippen MR) is 87.2 cm³/mol. The van der Waals surface area contributed by atoms with E-state index in [-0.39, 0.29) is 5.54 Å². The monoisotopic (exact) mass is 284 g/mol. The largest absolute Gasteiger partial charge is 0.355 e. The molecule has 0 aliphatic rings. The Bertz CT molecular complexity index is 543. The number of aromatic nitrogens is 2. The third-order valence-electron chi connectivity index (χ3n) is 3.17. The van der Waals surface area contributed by atoms with Crippen molar-refractivity contribution in [3.05, 3.63) is 54.0 Å². The van der Waals surface area contributed by atoms with Crippen molar-refractivity contribution in [2.24, 2.45) is 0 Å². The van der Waals surface area contributed by atoms with Crippen molar-refractivity contribution in [3.8, 4) is 0 Å². The van der Waals surface area contributed by atoms with E-state index in [1.807, 2.05) is 25.5 Å². The zero-order valence-electron chi connectivity index (χ0n) is 13.3. The van der Waals surface area contributed by atoms with Crippen LogP contribution < -0.4 is 10.2 Å². The highest BCUT2D eigenvalue weighted by Gasteiger charge is 2.09. The van der Waals surface area contributed by atoms with Crippen LogP contribution in [0.1, 0.15) is 31.9 Å². The Morgan fingerprint density at radius 3 is 2.48 bits per heavy atom. The van der Waals surface area contributed by atoms with Crippen LogP contribution >= 0.6 is 0 Å². The molecule has 112 valence electrons. The van der Waals surface area contributed by atoms with E-state index in [2.05, 4.69) is 59.2 Å². The summed E-state index contributed by atoms with van der Waals surface area (Å²) in [6, 6.07) is 8.22. The zero-order chi connectivity index (χ0) is 15.3. The lowest BCUT2D eigenvalue weighted by Crippen LogP contribution is -2.35. The van der Waals surface area contributed by atoms with Gasteiger partial charge < -0.3 is 10.2 Å². The van der Waals surface area contributed by atoms with Crippen molar-refractivity contribution in [1.29, 1.82) is 0 Å². The smallest absolute Gasteiger partial charge is 0.128 e. The second-order valence-corrected chi connectivity index (χ2v) is 6.35. The van der Waals surface area contributed by atoms with Crippen molar-refractivity contribution in [2.75, 3.05) is 11.9 Å². The summed E-state index contributed by atoms with van der Waals surface area (Å²) in [6.45, 7) is 8.13. The molecule has 2 heterocycles. The topological polar surface area (TPSA) is 41.1 Å². The highest BCUT2D eigenvalue weighted by molar-refractivity contribution is 5.39. The van der Waals surface area contributed by atoms with Crippen LogP contribution in [0.2, 0.25) is 0 Å². The Balaban J connectivity index is 1.95. The van der Waals surface area contributed by atoms with Gasteiger partial charge in [-0.3, -0.25) is 4.98 Å². The van der Waals surface area contributed by atoms with Gasteiger partial charge in [0.1, 0.15) is 5.82 Å². The molecule has 0 aliphatic heterocycles. The van der Waals surface area contributed by atoms with Gasteiger partial charge in [-0.2, -0.15) is 0 Å². The third-order valence-corrected chi connectivity index (χ3v) is 3.17. The van der Waals surface area contributed by atoms with Crippen LogP contribution in [0.4, 0.5) is 5.82 Å². The minimum atomic E-state index is 0.121. The van der Waals surface area contributed by atoms with Crippen molar-refractivity contribution in [1.82, 2.24) is 15.3 Å². The summed E-state index contributed by atoms with van der Waals surface area (Å²) in [4.78, 5) is 10.8. The number of rotatable bonds is 5. The molecule has 0 atom stereocenters. The van der Waals surface area contributed by atoms with E-state index in [1.54, 1.807) is 6.20 Å². The van der Waals surface area contributed by atoms with Gasteiger partial charge in [0.05, 0.1) is 0 Å². The summed E-state index contributed by atoms with van der Waals surface area (Å²) < 4.78 is 0. The second kappa shape index (κ2) is 6.68. The highest BCUT2D eigenvalue weighted by Crippen LogP contribution is 2.13. The molecule has 0 amide bonds. The minimum absolute atomic E-state index is 0.121. The van der Waals surface area contributed by atoms with Crippen LogP contribution in [0.15, 0.2) is 42.9 Å². The Morgan fingerprint density at radius 1 is 1.10 bits per heavy atom. The van der Waals surface area contributed by atoms with Gasteiger partial charge >= 0.3 is 0 Å². The first kappa shape index (κ1) is 15.4. The van der Waals surface area contributed by atoms with Gasteiger partial charge in [-0.1, -0.05) is 12.1 Å². The van der Waals surface area contributed by atoms with Crippen LogP contribution in [-0.4, -0.2) is 22.6 Å². The Labute approximate surface area is 127 Å². The normalized spacial score (nSPS) is 11.4. The SMILES string of the molecule is CN(Cc1cccnc1)c1ccc(CNC(C)(C)C)cn1. The van der Waals surface area contributed by atoms with E-state index in [0.717, 1.165) is 18.9 Å². The molecule has 1 N–H and O–H groups in total. The lowest BCUT2D eigenvalue weighted by atomic mass is 10.1. The summed E-state index contributed by atoms with van der Waals surface area (Å²) in [6.07, 6.45) is 5.62. The second-order valence-electron chi connectivity index (χ2n) is 6.35. The number of anilines is 1. The maximum Gasteiger partial charge on any atom is 0.128 e. The van der Waals surface area contributed by atoms with Gasteiger partial charge in [-0.05, 0) is 44.0 Å². The zero-order valence-corrected chi connectivity index (χ0v) is 13.3. The van der Waals surface area contributed by atoms with Crippen LogP contribution in [-0.2, 0) is 13.1 Å². The van der Waals surface area contributed by atoms with Crippen molar-refractivity contribution in [2.45, 2.75) is 39.4 Å². The first-order valence-corrected chi connectivity index (χ1v) is 7.24. The van der Waals surface area contributed by atoms with E-state index in [4.69, 9.17) is 0 Å². The summed E-state index contributed by atoms with van der Waals surface area (Å²) >= 11 is 0. The molecule has 0 unspecified atom stereocenters. The number of hydrogen-bond donors (Lipinski definition) is 1. The summed E-state index contributed by atoms with van der Waals surface area (Å²) in [7, 11) is 2.04. The van der Waals surface area contributed by atoms with E-state index in [0.29, 0.717) is 0 Å². The molecule has 0 saturated carbocycles. The standard InChI is InChI=1S/C17H24N4/c1-17(2,3)20-12-14-7-8-16(19-11-14)21(4)13-15-6-5-9-18-10-15/h5-11,20H,12-13H2,1-4H3. The first-order chi connectivity index (χ1) is 9.94. The lowest BCUT2D eigenvalue weighted by Gasteiger charge is -2.21. The van der Waals surface area contributed by atoms with Crippen molar-refractivity contribution < 1.29 is 0 Å². The Hall–Kier alpha value is -1.94.